The van der Waals surface area contributed by atoms with Crippen molar-refractivity contribution in [1.82, 2.24) is 19.7 Å². The first-order valence-corrected chi connectivity index (χ1v) is 9.64. The maximum Gasteiger partial charge on any atom is 0.251 e. The van der Waals surface area contributed by atoms with Gasteiger partial charge in [0, 0.05) is 29.6 Å². The average molecular weight is 391 g/mol. The Bertz CT molecular complexity index is 1080. The van der Waals surface area contributed by atoms with Crippen molar-refractivity contribution in [3.8, 4) is 11.7 Å². The Balaban J connectivity index is 1.86. The van der Waals surface area contributed by atoms with Gasteiger partial charge in [-0.05, 0) is 43.9 Å². The van der Waals surface area contributed by atoms with Crippen LogP contribution in [0.3, 0.4) is 0 Å². The first kappa shape index (κ1) is 19.1. The Morgan fingerprint density at radius 3 is 2.52 bits per heavy atom. The van der Waals surface area contributed by atoms with Crippen LogP contribution < -0.4 is 10.1 Å². The number of nitrogens with one attached hydrogen (secondary N) is 1. The first-order valence-electron chi connectivity index (χ1n) is 9.64. The number of aryl methyl sites for hydroxylation is 2. The van der Waals surface area contributed by atoms with Crippen molar-refractivity contribution in [2.75, 3.05) is 12.4 Å². The molecule has 0 saturated carbocycles. The van der Waals surface area contributed by atoms with Crippen molar-refractivity contribution in [3.63, 3.8) is 0 Å². The summed E-state index contributed by atoms with van der Waals surface area (Å²) in [7, 11) is 1.62. The van der Waals surface area contributed by atoms with Gasteiger partial charge in [-0.1, -0.05) is 19.9 Å². The minimum atomic E-state index is -0.145. The maximum absolute atomic E-state index is 13.1. The Kier molecular flexibility index (Phi) is 4.61. The number of aromatic nitrogens is 4. The van der Waals surface area contributed by atoms with Crippen molar-refractivity contribution in [2.45, 2.75) is 40.5 Å². The first-order chi connectivity index (χ1) is 13.8. The van der Waals surface area contributed by atoms with Crippen molar-refractivity contribution < 1.29 is 9.53 Å². The molecule has 7 heteroatoms. The summed E-state index contributed by atoms with van der Waals surface area (Å²) in [6, 6.07) is 9.47. The summed E-state index contributed by atoms with van der Waals surface area (Å²) in [6.07, 6.45) is 1.20. The molecule has 0 bridgehead atoms. The number of Topliss-reactive ketones (excluding diaryl/α,β-unsaturated/α-hetero) is 1. The van der Waals surface area contributed by atoms with E-state index in [1.165, 1.54) is 0 Å². The largest absolute Gasteiger partial charge is 0.497 e. The van der Waals surface area contributed by atoms with Crippen LogP contribution in [-0.2, 0) is 6.42 Å². The zero-order chi connectivity index (χ0) is 20.8. The van der Waals surface area contributed by atoms with E-state index in [4.69, 9.17) is 9.84 Å². The summed E-state index contributed by atoms with van der Waals surface area (Å²) in [5, 5.41) is 8.03. The van der Waals surface area contributed by atoms with Gasteiger partial charge in [0.15, 0.2) is 11.6 Å². The van der Waals surface area contributed by atoms with E-state index in [9.17, 15) is 4.79 Å². The number of carbonyl (C=O) groups is 1. The van der Waals surface area contributed by atoms with Crippen LogP contribution in [0.25, 0.3) is 5.95 Å². The number of ether oxygens (including phenoxy) is 1. The molecule has 1 aliphatic rings. The molecular formula is C22H25N5O2. The fourth-order valence-corrected chi connectivity index (χ4v) is 3.84. The van der Waals surface area contributed by atoms with Crippen LogP contribution in [0.15, 0.2) is 30.3 Å². The molecule has 1 N–H and O–H groups in total. The molecule has 0 spiro atoms. The number of hydrogen-bond donors (Lipinski definition) is 1. The lowest BCUT2D eigenvalue weighted by Crippen LogP contribution is -2.28. The van der Waals surface area contributed by atoms with Gasteiger partial charge in [-0.25, -0.2) is 14.6 Å². The molecular weight excluding hydrogens is 366 g/mol. The van der Waals surface area contributed by atoms with E-state index in [2.05, 4.69) is 29.1 Å². The molecule has 1 aliphatic carbocycles. The molecule has 150 valence electrons. The van der Waals surface area contributed by atoms with E-state index in [-0.39, 0.29) is 11.2 Å². The topological polar surface area (TPSA) is 81.9 Å². The molecule has 0 radical (unpaired) electrons. The van der Waals surface area contributed by atoms with Crippen LogP contribution in [0, 0.1) is 19.3 Å². The van der Waals surface area contributed by atoms with Gasteiger partial charge in [-0.3, -0.25) is 4.79 Å². The number of fused-ring (bicyclic) bond motifs is 1. The van der Waals surface area contributed by atoms with Crippen molar-refractivity contribution in [1.29, 1.82) is 0 Å². The lowest BCUT2D eigenvalue weighted by molar-refractivity contribution is 0.0911. The third-order valence-electron chi connectivity index (χ3n) is 5.04. The Morgan fingerprint density at radius 1 is 1.10 bits per heavy atom. The summed E-state index contributed by atoms with van der Waals surface area (Å²) in [5.41, 5.74) is 3.85. The molecule has 7 nitrogen and oxygen atoms in total. The number of benzene rings is 1. The molecule has 0 atom stereocenters. The molecule has 2 heterocycles. The van der Waals surface area contributed by atoms with Gasteiger partial charge in [0.1, 0.15) is 5.75 Å². The van der Waals surface area contributed by atoms with Crippen LogP contribution in [0.1, 0.15) is 47.7 Å². The Labute approximate surface area is 170 Å². The monoisotopic (exact) mass is 391 g/mol. The van der Waals surface area contributed by atoms with E-state index in [1.807, 2.05) is 44.2 Å². The molecule has 0 unspecified atom stereocenters. The summed E-state index contributed by atoms with van der Waals surface area (Å²) in [5.74, 6) is 1.82. The fraction of sp³-hybridized carbons (Fsp3) is 0.364. The van der Waals surface area contributed by atoms with Crippen molar-refractivity contribution in [2.24, 2.45) is 5.41 Å². The molecule has 2 aromatic heterocycles. The zero-order valence-electron chi connectivity index (χ0n) is 17.4. The third-order valence-corrected chi connectivity index (χ3v) is 5.04. The highest BCUT2D eigenvalue weighted by atomic mass is 16.5. The fourth-order valence-electron chi connectivity index (χ4n) is 3.84. The van der Waals surface area contributed by atoms with Crippen LogP contribution in [-0.4, -0.2) is 32.6 Å². The summed E-state index contributed by atoms with van der Waals surface area (Å²) < 4.78 is 7.02. The summed E-state index contributed by atoms with van der Waals surface area (Å²) >= 11 is 0. The minimum absolute atomic E-state index is 0.0808. The highest BCUT2D eigenvalue weighted by Crippen LogP contribution is 2.39. The van der Waals surface area contributed by atoms with Crippen molar-refractivity contribution >= 4 is 17.3 Å². The molecule has 0 fully saturated rings. The van der Waals surface area contributed by atoms with Crippen molar-refractivity contribution in [3.05, 3.63) is 53.0 Å². The minimum Gasteiger partial charge on any atom is -0.497 e. The molecule has 0 aliphatic heterocycles. The van der Waals surface area contributed by atoms with E-state index < -0.39 is 0 Å². The lowest BCUT2D eigenvalue weighted by atomic mass is 9.76. The number of carbonyl (C=O) groups excluding carboxylic acids is 1. The SMILES string of the molecule is COc1cccc(Nc2nn(-c3nc(C)cc(C)n3)c3c2C(=O)CC(C)(C)C3)c1. The predicted molar refractivity (Wildman–Crippen MR) is 111 cm³/mol. The van der Waals surface area contributed by atoms with Gasteiger partial charge in [-0.2, -0.15) is 0 Å². The second-order valence-corrected chi connectivity index (χ2v) is 8.33. The number of rotatable bonds is 4. The second-order valence-electron chi connectivity index (χ2n) is 8.33. The van der Waals surface area contributed by atoms with E-state index in [0.717, 1.165) is 34.9 Å². The Hall–Kier alpha value is -3.22. The summed E-state index contributed by atoms with van der Waals surface area (Å²) in [4.78, 5) is 22.2. The standard InChI is InChI=1S/C22H25N5O2/c1-13-9-14(2)24-21(23-13)27-17-11-22(3,4)12-18(28)19(17)20(26-27)25-15-7-6-8-16(10-15)29-5/h6-10H,11-12H2,1-5H3,(H,25,26). The molecule has 1 aromatic carbocycles. The molecule has 0 amide bonds. The van der Waals surface area contributed by atoms with Gasteiger partial charge < -0.3 is 10.1 Å². The quantitative estimate of drug-likeness (QED) is 0.718. The van der Waals surface area contributed by atoms with Gasteiger partial charge >= 0.3 is 0 Å². The number of anilines is 2. The highest BCUT2D eigenvalue weighted by molar-refractivity contribution is 6.03. The normalized spacial score (nSPS) is 15.1. The predicted octanol–water partition coefficient (Wildman–Crippen LogP) is 4.19. The number of nitrogens with zero attached hydrogens (tertiary/aromatic N) is 4. The highest BCUT2D eigenvalue weighted by Gasteiger charge is 2.37. The van der Waals surface area contributed by atoms with Crippen LogP contribution in [0.4, 0.5) is 11.5 Å². The van der Waals surface area contributed by atoms with Crippen LogP contribution in [0.5, 0.6) is 5.75 Å². The van der Waals surface area contributed by atoms with E-state index in [1.54, 1.807) is 11.8 Å². The molecule has 3 aromatic rings. The molecule has 29 heavy (non-hydrogen) atoms. The summed E-state index contributed by atoms with van der Waals surface area (Å²) in [6.45, 7) is 8.06. The molecule has 0 saturated heterocycles. The van der Waals surface area contributed by atoms with E-state index in [0.29, 0.717) is 23.8 Å². The van der Waals surface area contributed by atoms with Crippen LogP contribution in [0.2, 0.25) is 0 Å². The second kappa shape index (κ2) is 6.99. The molecule has 4 rings (SSSR count). The van der Waals surface area contributed by atoms with Crippen LogP contribution >= 0.6 is 0 Å². The van der Waals surface area contributed by atoms with Gasteiger partial charge in [0.05, 0.1) is 18.4 Å². The average Bonchev–Trinajstić information content (AvgIpc) is 2.98. The van der Waals surface area contributed by atoms with Gasteiger partial charge in [-0.15, -0.1) is 5.10 Å². The Morgan fingerprint density at radius 2 is 1.83 bits per heavy atom. The lowest BCUT2D eigenvalue weighted by Gasteiger charge is -2.28. The van der Waals surface area contributed by atoms with Gasteiger partial charge in [0.25, 0.3) is 5.95 Å². The van der Waals surface area contributed by atoms with E-state index >= 15 is 0 Å². The maximum atomic E-state index is 13.1. The smallest absolute Gasteiger partial charge is 0.251 e. The number of methoxy groups -OCH3 is 1. The van der Waals surface area contributed by atoms with Gasteiger partial charge in [0.2, 0.25) is 0 Å². The number of ketones is 1. The third kappa shape index (κ3) is 3.72. The zero-order valence-corrected chi connectivity index (χ0v) is 17.4. The number of hydrogen-bond acceptors (Lipinski definition) is 6.